The van der Waals surface area contributed by atoms with Gasteiger partial charge in [0.1, 0.15) is 12.4 Å². The van der Waals surface area contributed by atoms with Crippen LogP contribution in [0.3, 0.4) is 0 Å². The number of nitrogens with zero attached hydrogens (tertiary/aromatic N) is 2. The van der Waals surface area contributed by atoms with E-state index in [1.807, 2.05) is 13.0 Å². The zero-order valence-electron chi connectivity index (χ0n) is 15.1. The normalized spacial score (nSPS) is 12.5. The second-order valence-corrected chi connectivity index (χ2v) is 6.77. The van der Waals surface area contributed by atoms with Crippen molar-refractivity contribution in [2.45, 2.75) is 40.0 Å². The Hall–Kier alpha value is -2.34. The Kier molecular flexibility index (Phi) is 5.29. The van der Waals surface area contributed by atoms with E-state index in [1.165, 1.54) is 0 Å². The summed E-state index contributed by atoms with van der Waals surface area (Å²) in [5.74, 6) is 5.68. The van der Waals surface area contributed by atoms with Gasteiger partial charge < -0.3 is 15.9 Å². The van der Waals surface area contributed by atoms with Crippen molar-refractivity contribution in [3.63, 3.8) is 0 Å². The fourth-order valence-electron chi connectivity index (χ4n) is 2.73. The number of hydrazone groups is 1. The molecule has 0 unspecified atom stereocenters. The fraction of sp³-hybridized carbons (Fsp3) is 0.444. The molecule has 5 N–H and O–H groups in total. The van der Waals surface area contributed by atoms with E-state index in [0.29, 0.717) is 5.69 Å². The molecule has 6 nitrogen and oxygen atoms in total. The first kappa shape index (κ1) is 18.0. The van der Waals surface area contributed by atoms with Gasteiger partial charge in [0.05, 0.1) is 5.52 Å². The van der Waals surface area contributed by atoms with Gasteiger partial charge in [0, 0.05) is 17.6 Å². The maximum atomic E-state index is 5.45. The standard InChI is InChI=1S/C18H27N5O/c1-6-21-12-8-13-11(2)7-15(17(23-20)24-10-19)22-16(13)14(9-12)18(3,4)5/h7-9,21H,6,10,19-20H2,1-5H3/b23-17-. The molecule has 2 aromatic rings. The quantitative estimate of drug-likeness (QED) is 0.263. The summed E-state index contributed by atoms with van der Waals surface area (Å²) < 4.78 is 5.30. The Bertz CT molecular complexity index is 762. The average Bonchev–Trinajstić information content (AvgIpc) is 2.51. The van der Waals surface area contributed by atoms with Crippen molar-refractivity contribution in [1.82, 2.24) is 4.98 Å². The highest BCUT2D eigenvalue weighted by atomic mass is 16.5. The molecule has 0 saturated heterocycles. The Morgan fingerprint density at radius 2 is 2.00 bits per heavy atom. The molecule has 0 amide bonds. The minimum absolute atomic E-state index is 0.000282. The molecule has 0 spiro atoms. The molecular formula is C18H27N5O. The van der Waals surface area contributed by atoms with Crippen LogP contribution in [0.25, 0.3) is 10.9 Å². The summed E-state index contributed by atoms with van der Waals surface area (Å²) >= 11 is 0. The average molecular weight is 329 g/mol. The van der Waals surface area contributed by atoms with E-state index in [4.69, 9.17) is 21.3 Å². The van der Waals surface area contributed by atoms with Crippen LogP contribution < -0.4 is 16.9 Å². The van der Waals surface area contributed by atoms with E-state index >= 15 is 0 Å². The molecule has 0 saturated carbocycles. The summed E-state index contributed by atoms with van der Waals surface area (Å²) in [5.41, 5.74) is 10.3. The Morgan fingerprint density at radius 1 is 1.29 bits per heavy atom. The van der Waals surface area contributed by atoms with E-state index in [0.717, 1.165) is 34.3 Å². The number of anilines is 1. The second kappa shape index (κ2) is 7.05. The van der Waals surface area contributed by atoms with Crippen LogP contribution in [-0.4, -0.2) is 24.2 Å². The summed E-state index contributed by atoms with van der Waals surface area (Å²) in [6.45, 7) is 11.5. The van der Waals surface area contributed by atoms with Crippen LogP contribution >= 0.6 is 0 Å². The fourth-order valence-corrected chi connectivity index (χ4v) is 2.73. The van der Waals surface area contributed by atoms with Gasteiger partial charge in [-0.05, 0) is 48.6 Å². The summed E-state index contributed by atoms with van der Waals surface area (Å²) in [7, 11) is 0. The number of ether oxygens (including phenoxy) is 1. The van der Waals surface area contributed by atoms with Gasteiger partial charge in [-0.2, -0.15) is 0 Å². The number of aryl methyl sites for hydroxylation is 1. The molecule has 0 atom stereocenters. The van der Waals surface area contributed by atoms with E-state index in [1.54, 1.807) is 0 Å². The van der Waals surface area contributed by atoms with Crippen LogP contribution in [0.2, 0.25) is 0 Å². The Labute approximate surface area is 143 Å². The minimum atomic E-state index is -0.0590. The van der Waals surface area contributed by atoms with Crippen LogP contribution in [0, 0.1) is 6.92 Å². The van der Waals surface area contributed by atoms with Gasteiger partial charge in [0.2, 0.25) is 0 Å². The van der Waals surface area contributed by atoms with E-state index < -0.39 is 0 Å². The summed E-state index contributed by atoms with van der Waals surface area (Å²) in [5, 5.41) is 8.17. The molecule has 0 aliphatic rings. The first-order valence-electron chi connectivity index (χ1n) is 8.12. The zero-order chi connectivity index (χ0) is 17.9. The largest absolute Gasteiger partial charge is 0.459 e. The Morgan fingerprint density at radius 3 is 2.54 bits per heavy atom. The zero-order valence-corrected chi connectivity index (χ0v) is 15.1. The number of nitrogens with two attached hydrogens (primary N) is 2. The van der Waals surface area contributed by atoms with Crippen LogP contribution in [0.15, 0.2) is 23.3 Å². The predicted octanol–water partition coefficient (Wildman–Crippen LogP) is 2.83. The van der Waals surface area contributed by atoms with Crippen LogP contribution in [0.1, 0.15) is 44.5 Å². The molecule has 1 heterocycles. The highest BCUT2D eigenvalue weighted by Gasteiger charge is 2.21. The lowest BCUT2D eigenvalue weighted by molar-refractivity contribution is 0.315. The molecule has 130 valence electrons. The molecule has 0 aliphatic carbocycles. The van der Waals surface area contributed by atoms with E-state index in [2.05, 4.69) is 50.2 Å². The van der Waals surface area contributed by atoms with Crippen molar-refractivity contribution >= 4 is 22.5 Å². The third-order valence-electron chi connectivity index (χ3n) is 3.87. The van der Waals surface area contributed by atoms with Gasteiger partial charge in [-0.3, -0.25) is 5.73 Å². The second-order valence-electron chi connectivity index (χ2n) is 6.77. The monoisotopic (exact) mass is 329 g/mol. The van der Waals surface area contributed by atoms with E-state index in [9.17, 15) is 0 Å². The number of fused-ring (bicyclic) bond motifs is 1. The highest BCUT2D eigenvalue weighted by Crippen LogP contribution is 2.33. The SMILES string of the molecule is CCNc1cc(C(C)(C)C)c2nc(/C(=N/N)OCN)cc(C)c2c1. The minimum Gasteiger partial charge on any atom is -0.459 e. The number of benzene rings is 1. The van der Waals surface area contributed by atoms with Gasteiger partial charge in [0.15, 0.2) is 0 Å². The Balaban J connectivity index is 2.77. The van der Waals surface area contributed by atoms with E-state index in [-0.39, 0.29) is 18.0 Å². The third kappa shape index (κ3) is 3.59. The lowest BCUT2D eigenvalue weighted by Crippen LogP contribution is -2.18. The number of hydrogen-bond donors (Lipinski definition) is 3. The van der Waals surface area contributed by atoms with Gasteiger partial charge in [-0.1, -0.05) is 20.8 Å². The van der Waals surface area contributed by atoms with Gasteiger partial charge in [0.25, 0.3) is 5.90 Å². The summed E-state index contributed by atoms with van der Waals surface area (Å²) in [6.07, 6.45) is 0. The molecule has 1 aromatic heterocycles. The van der Waals surface area contributed by atoms with Crippen molar-refractivity contribution in [1.29, 1.82) is 0 Å². The maximum absolute atomic E-state index is 5.45. The first-order valence-corrected chi connectivity index (χ1v) is 8.12. The lowest BCUT2D eigenvalue weighted by Gasteiger charge is -2.23. The van der Waals surface area contributed by atoms with Gasteiger partial charge >= 0.3 is 0 Å². The lowest BCUT2D eigenvalue weighted by atomic mass is 9.84. The molecule has 0 bridgehead atoms. The molecular weight excluding hydrogens is 302 g/mol. The molecule has 2 rings (SSSR count). The number of pyridine rings is 1. The van der Waals surface area contributed by atoms with Crippen molar-refractivity contribution in [2.75, 3.05) is 18.6 Å². The third-order valence-corrected chi connectivity index (χ3v) is 3.87. The first-order chi connectivity index (χ1) is 11.3. The smallest absolute Gasteiger partial charge is 0.257 e. The number of aromatic nitrogens is 1. The molecule has 24 heavy (non-hydrogen) atoms. The van der Waals surface area contributed by atoms with Crippen molar-refractivity contribution in [2.24, 2.45) is 16.7 Å². The van der Waals surface area contributed by atoms with Crippen LogP contribution in [0.5, 0.6) is 0 Å². The van der Waals surface area contributed by atoms with Gasteiger partial charge in [-0.25, -0.2) is 4.98 Å². The highest BCUT2D eigenvalue weighted by molar-refractivity contribution is 5.97. The van der Waals surface area contributed by atoms with Crippen molar-refractivity contribution in [3.8, 4) is 0 Å². The summed E-state index contributed by atoms with van der Waals surface area (Å²) in [4.78, 5) is 4.77. The topological polar surface area (TPSA) is 98.5 Å². The van der Waals surface area contributed by atoms with Gasteiger partial charge in [-0.15, -0.1) is 5.10 Å². The molecule has 6 heteroatoms. The molecule has 0 fully saturated rings. The molecule has 0 aliphatic heterocycles. The number of nitrogens with one attached hydrogen (secondary N) is 1. The van der Waals surface area contributed by atoms with Crippen molar-refractivity contribution < 1.29 is 4.74 Å². The maximum Gasteiger partial charge on any atom is 0.257 e. The number of hydrogen-bond acceptors (Lipinski definition) is 6. The summed E-state index contributed by atoms with van der Waals surface area (Å²) in [6, 6.07) is 6.21. The number of rotatable bonds is 4. The predicted molar refractivity (Wildman–Crippen MR) is 100 cm³/mol. The molecule has 0 radical (unpaired) electrons. The molecule has 1 aromatic carbocycles. The van der Waals surface area contributed by atoms with Crippen LogP contribution in [-0.2, 0) is 10.2 Å². The van der Waals surface area contributed by atoms with Crippen LogP contribution in [0.4, 0.5) is 5.69 Å². The van der Waals surface area contributed by atoms with Crippen molar-refractivity contribution in [3.05, 3.63) is 35.0 Å².